The molecule has 13 heteroatoms. The Bertz CT molecular complexity index is 1400. The largest absolute Gasteiger partial charge is 0.489 e. The van der Waals surface area contributed by atoms with Gasteiger partial charge in [-0.3, -0.25) is 4.31 Å². The number of hydrogen-bond acceptors (Lipinski definition) is 3. The van der Waals surface area contributed by atoms with Gasteiger partial charge in [0.05, 0.1) is 28.3 Å². The lowest BCUT2D eigenvalue weighted by molar-refractivity contribution is -0.138. The molecule has 3 aromatic carbocycles. The molecule has 0 radical (unpaired) electrons. The summed E-state index contributed by atoms with van der Waals surface area (Å²) in [5.74, 6) is -3.43. The van der Waals surface area contributed by atoms with Gasteiger partial charge in [0.15, 0.2) is 11.6 Å². The highest BCUT2D eigenvalue weighted by molar-refractivity contribution is 7.92. The van der Waals surface area contributed by atoms with Crippen LogP contribution < -0.4 is 9.04 Å². The summed E-state index contributed by atoms with van der Waals surface area (Å²) in [5.41, 5.74) is -4.03. The maximum absolute atomic E-state index is 14.4. The van der Waals surface area contributed by atoms with Crippen molar-refractivity contribution in [2.24, 2.45) is 0 Å². The summed E-state index contributed by atoms with van der Waals surface area (Å²) in [6, 6.07) is 6.58. The molecular weight excluding hydrogens is 510 g/mol. The molecule has 0 aliphatic carbocycles. The SMILES string of the molecule is O=S(=O)(c1cccc(C(F)(F)F)c1)N1CCOc2ccc(-c3cc(C(F)(F)F)cc(F)c3F)cc21. The molecule has 1 heterocycles. The predicted octanol–water partition coefficient (Wildman–Crippen LogP) is 6.26. The highest BCUT2D eigenvalue weighted by Crippen LogP contribution is 2.41. The van der Waals surface area contributed by atoms with E-state index in [0.717, 1.165) is 30.3 Å². The zero-order chi connectivity index (χ0) is 25.8. The molecule has 0 saturated heterocycles. The minimum Gasteiger partial charge on any atom is -0.489 e. The van der Waals surface area contributed by atoms with Crippen molar-refractivity contribution in [3.05, 3.63) is 77.4 Å². The number of anilines is 1. The van der Waals surface area contributed by atoms with Crippen LogP contribution in [-0.2, 0) is 22.4 Å². The first-order valence-electron chi connectivity index (χ1n) is 9.73. The van der Waals surface area contributed by atoms with Gasteiger partial charge >= 0.3 is 12.4 Å². The Balaban J connectivity index is 1.84. The van der Waals surface area contributed by atoms with Crippen LogP contribution in [0.5, 0.6) is 5.75 Å². The third-order valence-corrected chi connectivity index (χ3v) is 7.00. The molecule has 0 unspecified atom stereocenters. The van der Waals surface area contributed by atoms with E-state index in [2.05, 4.69) is 0 Å². The number of nitrogens with zero attached hydrogens (tertiary/aromatic N) is 1. The van der Waals surface area contributed by atoms with Crippen LogP contribution >= 0.6 is 0 Å². The third-order valence-electron chi connectivity index (χ3n) is 5.20. The Labute approximate surface area is 193 Å². The highest BCUT2D eigenvalue weighted by Gasteiger charge is 2.36. The van der Waals surface area contributed by atoms with Crippen LogP contribution in [0.2, 0.25) is 0 Å². The molecule has 0 fully saturated rings. The topological polar surface area (TPSA) is 46.6 Å². The summed E-state index contributed by atoms with van der Waals surface area (Å²) in [6.45, 7) is -0.536. The van der Waals surface area contributed by atoms with Crippen LogP contribution in [0.4, 0.5) is 40.8 Å². The molecule has 0 bridgehead atoms. The summed E-state index contributed by atoms with van der Waals surface area (Å²) in [4.78, 5) is -0.693. The number of fused-ring (bicyclic) bond motifs is 1. The Hall–Kier alpha value is -3.35. The summed E-state index contributed by atoms with van der Waals surface area (Å²) in [6.07, 6.45) is -9.80. The monoisotopic (exact) mass is 523 g/mol. The van der Waals surface area contributed by atoms with Crippen LogP contribution in [0.25, 0.3) is 11.1 Å². The van der Waals surface area contributed by atoms with Crippen LogP contribution in [0.1, 0.15) is 11.1 Å². The van der Waals surface area contributed by atoms with Gasteiger partial charge in [-0.05, 0) is 48.0 Å². The van der Waals surface area contributed by atoms with Gasteiger partial charge in [0, 0.05) is 5.56 Å². The van der Waals surface area contributed by atoms with Crippen LogP contribution in [-0.4, -0.2) is 21.6 Å². The number of hydrogen-bond donors (Lipinski definition) is 0. The first-order chi connectivity index (χ1) is 16.2. The number of rotatable bonds is 3. The molecule has 0 spiro atoms. The molecule has 186 valence electrons. The van der Waals surface area contributed by atoms with Gasteiger partial charge in [-0.25, -0.2) is 17.2 Å². The van der Waals surface area contributed by atoms with Gasteiger partial charge in [-0.15, -0.1) is 0 Å². The summed E-state index contributed by atoms with van der Waals surface area (Å²) in [5, 5.41) is 0. The molecule has 0 N–H and O–H groups in total. The maximum Gasteiger partial charge on any atom is 0.416 e. The number of sulfonamides is 1. The van der Waals surface area contributed by atoms with E-state index >= 15 is 0 Å². The first kappa shape index (κ1) is 24.8. The lowest BCUT2D eigenvalue weighted by atomic mass is 10.0. The number of alkyl halides is 6. The van der Waals surface area contributed by atoms with Gasteiger partial charge in [0.2, 0.25) is 0 Å². The van der Waals surface area contributed by atoms with E-state index in [9.17, 15) is 43.5 Å². The fourth-order valence-electron chi connectivity index (χ4n) is 3.53. The second kappa shape index (κ2) is 8.40. The summed E-state index contributed by atoms with van der Waals surface area (Å²) >= 11 is 0. The van der Waals surface area contributed by atoms with Gasteiger partial charge in [-0.1, -0.05) is 12.1 Å². The van der Waals surface area contributed by atoms with E-state index in [1.54, 1.807) is 0 Å². The van der Waals surface area contributed by atoms with E-state index in [1.165, 1.54) is 0 Å². The number of halogens is 8. The molecule has 0 atom stereocenters. The smallest absolute Gasteiger partial charge is 0.416 e. The maximum atomic E-state index is 14.4. The molecule has 3 aromatic rings. The van der Waals surface area contributed by atoms with Gasteiger partial charge in [0.1, 0.15) is 12.4 Å². The van der Waals surface area contributed by atoms with E-state index in [1.807, 2.05) is 0 Å². The lowest BCUT2D eigenvalue weighted by Gasteiger charge is -2.31. The quantitative estimate of drug-likeness (QED) is 0.381. The highest BCUT2D eigenvalue weighted by atomic mass is 32.2. The summed E-state index contributed by atoms with van der Waals surface area (Å²) < 4.78 is 139. The average molecular weight is 523 g/mol. The van der Waals surface area contributed by atoms with Crippen molar-refractivity contribution >= 4 is 15.7 Å². The van der Waals surface area contributed by atoms with Crippen molar-refractivity contribution < 1.29 is 48.3 Å². The summed E-state index contributed by atoms with van der Waals surface area (Å²) in [7, 11) is -4.60. The minimum atomic E-state index is -4.99. The van der Waals surface area contributed by atoms with E-state index in [-0.39, 0.29) is 36.2 Å². The Morgan fingerprint density at radius 2 is 1.51 bits per heavy atom. The second-order valence-electron chi connectivity index (χ2n) is 7.45. The Kier molecular flexibility index (Phi) is 5.94. The molecule has 0 saturated carbocycles. The van der Waals surface area contributed by atoms with Gasteiger partial charge in [-0.2, -0.15) is 26.3 Å². The van der Waals surface area contributed by atoms with E-state index in [4.69, 9.17) is 4.74 Å². The Morgan fingerprint density at radius 1 is 0.829 bits per heavy atom. The Morgan fingerprint density at radius 3 is 2.17 bits per heavy atom. The van der Waals surface area contributed by atoms with Crippen LogP contribution in [0, 0.1) is 11.6 Å². The predicted molar refractivity (Wildman–Crippen MR) is 108 cm³/mol. The lowest BCUT2D eigenvalue weighted by Crippen LogP contribution is -2.38. The van der Waals surface area contributed by atoms with Crippen LogP contribution in [0.15, 0.2) is 59.5 Å². The standard InChI is InChI=1S/C22H13F8NO3S/c23-17-11-14(22(28,29)30)10-16(20(17)24)12-4-5-19-18(8-12)31(6-7-34-19)35(32,33)15-3-1-2-13(9-15)21(25,26)27/h1-5,8-11H,6-7H2. The number of benzene rings is 3. The van der Waals surface area contributed by atoms with E-state index < -0.39 is 55.6 Å². The molecular formula is C22H13F8NO3S. The number of ether oxygens (including phenoxy) is 1. The van der Waals surface area contributed by atoms with Crippen molar-refractivity contribution in [3.8, 4) is 16.9 Å². The van der Waals surface area contributed by atoms with Crippen molar-refractivity contribution in [1.29, 1.82) is 0 Å². The van der Waals surface area contributed by atoms with Crippen molar-refractivity contribution in [1.82, 2.24) is 0 Å². The second-order valence-corrected chi connectivity index (χ2v) is 9.31. The average Bonchev–Trinajstić information content (AvgIpc) is 2.78. The molecule has 35 heavy (non-hydrogen) atoms. The van der Waals surface area contributed by atoms with Gasteiger partial charge < -0.3 is 4.74 Å². The molecule has 0 aromatic heterocycles. The van der Waals surface area contributed by atoms with Gasteiger partial charge in [0.25, 0.3) is 10.0 Å². The van der Waals surface area contributed by atoms with Crippen LogP contribution in [0.3, 0.4) is 0 Å². The molecule has 1 aliphatic heterocycles. The zero-order valence-corrected chi connectivity index (χ0v) is 18.0. The molecule has 4 nitrogen and oxygen atoms in total. The molecule has 1 aliphatic rings. The minimum absolute atomic E-state index is 0.00917. The third kappa shape index (κ3) is 4.64. The molecule has 4 rings (SSSR count). The van der Waals surface area contributed by atoms with E-state index in [0.29, 0.717) is 22.5 Å². The zero-order valence-electron chi connectivity index (χ0n) is 17.2. The fraction of sp³-hybridized carbons (Fsp3) is 0.182. The van der Waals surface area contributed by atoms with Crippen molar-refractivity contribution in [2.75, 3.05) is 17.5 Å². The fourth-order valence-corrected chi connectivity index (χ4v) is 5.03. The molecule has 0 amide bonds. The normalized spacial score (nSPS) is 14.5. The van der Waals surface area contributed by atoms with Crippen molar-refractivity contribution in [3.63, 3.8) is 0 Å². The van der Waals surface area contributed by atoms with Crippen molar-refractivity contribution in [2.45, 2.75) is 17.2 Å². The first-order valence-corrected chi connectivity index (χ1v) is 11.2.